The van der Waals surface area contributed by atoms with Crippen molar-refractivity contribution in [2.45, 2.75) is 10.1 Å². The van der Waals surface area contributed by atoms with Crippen molar-refractivity contribution in [3.63, 3.8) is 0 Å². The highest BCUT2D eigenvalue weighted by atomic mass is 32.2. The molecular formula is C42H33N3O4S. The summed E-state index contributed by atoms with van der Waals surface area (Å²) in [6.45, 7) is 0. The summed E-state index contributed by atoms with van der Waals surface area (Å²) in [6.07, 6.45) is 1.63. The van der Waals surface area contributed by atoms with Crippen LogP contribution in [-0.4, -0.2) is 17.7 Å². The van der Waals surface area contributed by atoms with Crippen LogP contribution in [0.3, 0.4) is 0 Å². The van der Waals surface area contributed by atoms with Gasteiger partial charge in [-0.3, -0.25) is 14.4 Å². The number of hydrogen-bond donors (Lipinski definition) is 3. The Morgan fingerprint density at radius 2 is 1.18 bits per heavy atom. The predicted molar refractivity (Wildman–Crippen MR) is 200 cm³/mol. The molecule has 1 atom stereocenters. The molecule has 0 bridgehead atoms. The Hall–Kier alpha value is -6.38. The second kappa shape index (κ2) is 16.6. The standard InChI is InChI=1S/C42H33N3O4S/c46-40(32-18-9-3-10-19-32)45-38(28-30-14-5-1-6-15-30)41(47)44-34-20-13-23-37(29-34)50-39(31-16-7-2-8-17-31)42(48)43-33-24-26-36(27-25-33)49-35-21-11-4-12-22-35/h1-29,39H,(H,43,48)(H,44,47)(H,45,46)/b38-28-. The highest BCUT2D eigenvalue weighted by Crippen LogP contribution is 2.37. The first kappa shape index (κ1) is 33.5. The molecule has 1 unspecified atom stereocenters. The Kier molecular flexibility index (Phi) is 11.2. The van der Waals surface area contributed by atoms with E-state index in [1.54, 1.807) is 54.6 Å². The third kappa shape index (κ3) is 9.37. The molecule has 3 N–H and O–H groups in total. The summed E-state index contributed by atoms with van der Waals surface area (Å²) in [5.41, 5.74) is 3.24. The third-order valence-corrected chi connectivity index (χ3v) is 8.67. The zero-order valence-electron chi connectivity index (χ0n) is 26.9. The van der Waals surface area contributed by atoms with Crippen LogP contribution in [0.15, 0.2) is 180 Å². The number of carbonyl (C=O) groups is 3. The number of rotatable bonds is 12. The van der Waals surface area contributed by atoms with Gasteiger partial charge >= 0.3 is 0 Å². The van der Waals surface area contributed by atoms with Gasteiger partial charge in [0.15, 0.2) is 0 Å². The van der Waals surface area contributed by atoms with Crippen LogP contribution >= 0.6 is 11.8 Å². The van der Waals surface area contributed by atoms with Crippen molar-refractivity contribution in [1.29, 1.82) is 0 Å². The topological polar surface area (TPSA) is 96.5 Å². The molecule has 0 aliphatic carbocycles. The molecule has 0 aromatic heterocycles. The van der Waals surface area contributed by atoms with Crippen molar-refractivity contribution in [3.05, 3.63) is 192 Å². The van der Waals surface area contributed by atoms with E-state index in [2.05, 4.69) is 16.0 Å². The number of thioether (sulfide) groups is 1. The second-order valence-corrected chi connectivity index (χ2v) is 12.3. The largest absolute Gasteiger partial charge is 0.457 e. The first-order valence-corrected chi connectivity index (χ1v) is 16.8. The van der Waals surface area contributed by atoms with Gasteiger partial charge < -0.3 is 20.7 Å². The van der Waals surface area contributed by atoms with Crippen LogP contribution in [0, 0.1) is 0 Å². The monoisotopic (exact) mass is 675 g/mol. The van der Waals surface area contributed by atoms with Gasteiger partial charge in [0.05, 0.1) is 0 Å². The molecule has 8 heteroatoms. The lowest BCUT2D eigenvalue weighted by Crippen LogP contribution is -2.30. The molecule has 0 aliphatic heterocycles. The van der Waals surface area contributed by atoms with E-state index in [0.717, 1.165) is 21.8 Å². The number of benzene rings is 6. The second-order valence-electron chi connectivity index (χ2n) is 11.1. The molecule has 50 heavy (non-hydrogen) atoms. The number of nitrogens with one attached hydrogen (secondary N) is 3. The van der Waals surface area contributed by atoms with Crippen molar-refractivity contribution in [3.8, 4) is 11.5 Å². The number of carbonyl (C=O) groups excluding carboxylic acids is 3. The van der Waals surface area contributed by atoms with Crippen molar-refractivity contribution in [2.24, 2.45) is 0 Å². The molecule has 6 aromatic rings. The van der Waals surface area contributed by atoms with Crippen LogP contribution in [0.2, 0.25) is 0 Å². The normalized spacial score (nSPS) is 11.6. The number of ether oxygens (including phenoxy) is 1. The van der Waals surface area contributed by atoms with Crippen molar-refractivity contribution >= 4 is 46.9 Å². The van der Waals surface area contributed by atoms with Gasteiger partial charge in [-0.15, -0.1) is 11.8 Å². The Bertz CT molecular complexity index is 2070. The summed E-state index contributed by atoms with van der Waals surface area (Å²) in [6, 6.07) is 51.5. The van der Waals surface area contributed by atoms with Crippen molar-refractivity contribution < 1.29 is 19.1 Å². The summed E-state index contributed by atoms with van der Waals surface area (Å²) in [4.78, 5) is 41.1. The van der Waals surface area contributed by atoms with Gasteiger partial charge in [0, 0.05) is 21.8 Å². The lowest BCUT2D eigenvalue weighted by Gasteiger charge is -2.18. The average molecular weight is 676 g/mol. The molecule has 0 heterocycles. The summed E-state index contributed by atoms with van der Waals surface area (Å²) in [5.74, 6) is 0.288. The van der Waals surface area contributed by atoms with Gasteiger partial charge in [-0.1, -0.05) is 103 Å². The fourth-order valence-corrected chi connectivity index (χ4v) is 6.06. The number of anilines is 2. The minimum atomic E-state index is -0.596. The molecule has 0 aliphatic rings. The van der Waals surface area contributed by atoms with Gasteiger partial charge in [0.25, 0.3) is 11.8 Å². The summed E-state index contributed by atoms with van der Waals surface area (Å²) in [5, 5.41) is 8.12. The molecule has 0 spiro atoms. The molecule has 0 saturated carbocycles. The minimum absolute atomic E-state index is 0.0878. The molecule has 6 rings (SSSR count). The van der Waals surface area contributed by atoms with E-state index in [0.29, 0.717) is 22.7 Å². The van der Waals surface area contributed by atoms with Crippen LogP contribution in [0.1, 0.15) is 26.7 Å². The van der Waals surface area contributed by atoms with Gasteiger partial charge in [0.1, 0.15) is 22.4 Å². The first-order valence-electron chi connectivity index (χ1n) is 15.9. The fourth-order valence-electron chi connectivity index (χ4n) is 4.98. The zero-order chi connectivity index (χ0) is 34.5. The van der Waals surface area contributed by atoms with Crippen LogP contribution in [0.25, 0.3) is 6.08 Å². The van der Waals surface area contributed by atoms with E-state index >= 15 is 0 Å². The van der Waals surface area contributed by atoms with Crippen molar-refractivity contribution in [2.75, 3.05) is 10.6 Å². The molecule has 246 valence electrons. The highest BCUT2D eigenvalue weighted by Gasteiger charge is 2.23. The fraction of sp³-hybridized carbons (Fsp3) is 0.0238. The maximum absolute atomic E-state index is 13.8. The molecule has 3 amide bonds. The van der Waals surface area contributed by atoms with E-state index in [1.165, 1.54) is 11.8 Å². The van der Waals surface area contributed by atoms with Crippen LogP contribution in [0.4, 0.5) is 11.4 Å². The van der Waals surface area contributed by atoms with Gasteiger partial charge in [0.2, 0.25) is 5.91 Å². The Morgan fingerprint density at radius 3 is 1.86 bits per heavy atom. The maximum atomic E-state index is 13.8. The Labute approximate surface area is 295 Å². The number of hydrogen-bond acceptors (Lipinski definition) is 5. The van der Waals surface area contributed by atoms with E-state index in [9.17, 15) is 14.4 Å². The number of amides is 3. The molecule has 6 aromatic carbocycles. The van der Waals surface area contributed by atoms with E-state index < -0.39 is 17.1 Å². The third-order valence-electron chi connectivity index (χ3n) is 7.43. The smallest absolute Gasteiger partial charge is 0.272 e. The summed E-state index contributed by atoms with van der Waals surface area (Å²) < 4.78 is 5.89. The average Bonchev–Trinajstić information content (AvgIpc) is 3.16. The zero-order valence-corrected chi connectivity index (χ0v) is 27.7. The summed E-state index contributed by atoms with van der Waals surface area (Å²) >= 11 is 1.36. The van der Waals surface area contributed by atoms with Crippen LogP contribution in [-0.2, 0) is 9.59 Å². The molecule has 7 nitrogen and oxygen atoms in total. The Morgan fingerprint density at radius 1 is 0.580 bits per heavy atom. The van der Waals surface area contributed by atoms with Crippen LogP contribution < -0.4 is 20.7 Å². The van der Waals surface area contributed by atoms with E-state index in [4.69, 9.17) is 4.74 Å². The maximum Gasteiger partial charge on any atom is 0.272 e. The van der Waals surface area contributed by atoms with Gasteiger partial charge in [-0.2, -0.15) is 0 Å². The van der Waals surface area contributed by atoms with Crippen LogP contribution in [0.5, 0.6) is 11.5 Å². The highest BCUT2D eigenvalue weighted by molar-refractivity contribution is 8.00. The SMILES string of the molecule is O=C(Nc1cccc(SC(C(=O)Nc2ccc(Oc3ccccc3)cc2)c2ccccc2)c1)/C(=C/c1ccccc1)NC(=O)c1ccccc1. The molecule has 0 fully saturated rings. The lowest BCUT2D eigenvalue weighted by molar-refractivity contribution is -0.116. The minimum Gasteiger partial charge on any atom is -0.457 e. The van der Waals surface area contributed by atoms with E-state index in [1.807, 2.05) is 121 Å². The molecule has 0 saturated heterocycles. The molecule has 0 radical (unpaired) electrons. The molecular weight excluding hydrogens is 643 g/mol. The Balaban J connectivity index is 1.18. The lowest BCUT2D eigenvalue weighted by atomic mass is 10.1. The number of para-hydroxylation sites is 1. The van der Waals surface area contributed by atoms with Gasteiger partial charge in [-0.25, -0.2) is 0 Å². The summed E-state index contributed by atoms with van der Waals surface area (Å²) in [7, 11) is 0. The van der Waals surface area contributed by atoms with E-state index in [-0.39, 0.29) is 11.6 Å². The van der Waals surface area contributed by atoms with Crippen molar-refractivity contribution in [1.82, 2.24) is 5.32 Å². The predicted octanol–water partition coefficient (Wildman–Crippen LogP) is 9.36. The first-order chi connectivity index (χ1) is 24.5. The van der Waals surface area contributed by atoms with Gasteiger partial charge in [-0.05, 0) is 83.9 Å². The quantitative estimate of drug-likeness (QED) is 0.0888.